The first-order valence-electron chi connectivity index (χ1n) is 19.3. The van der Waals surface area contributed by atoms with E-state index in [4.69, 9.17) is 4.74 Å². The minimum Gasteiger partial charge on any atom is -0.480 e. The molecule has 0 aliphatic carbocycles. The molecule has 300 valence electrons. The van der Waals surface area contributed by atoms with Crippen LogP contribution in [0.3, 0.4) is 0 Å². The Balaban J connectivity index is 1.71. The highest BCUT2D eigenvalue weighted by molar-refractivity contribution is 5.99. The molecular formula is C42H58N4O9. The summed E-state index contributed by atoms with van der Waals surface area (Å²) in [6.07, 6.45) is 4.24. The Morgan fingerprint density at radius 2 is 1.51 bits per heavy atom. The van der Waals surface area contributed by atoms with Crippen LogP contribution in [0.15, 0.2) is 48.5 Å². The molecule has 13 nitrogen and oxygen atoms in total. The second-order valence-corrected chi connectivity index (χ2v) is 15.4. The summed E-state index contributed by atoms with van der Waals surface area (Å²) >= 11 is 0. The molecule has 4 atom stereocenters. The third kappa shape index (κ3) is 14.6. The molecule has 55 heavy (non-hydrogen) atoms. The van der Waals surface area contributed by atoms with Gasteiger partial charge in [-0.05, 0) is 101 Å². The summed E-state index contributed by atoms with van der Waals surface area (Å²) in [5, 5.41) is 17.3. The van der Waals surface area contributed by atoms with Crippen molar-refractivity contribution < 1.29 is 43.4 Å². The van der Waals surface area contributed by atoms with Gasteiger partial charge in [-0.2, -0.15) is 0 Å². The quantitative estimate of drug-likeness (QED) is 0.124. The number of unbranched alkanes of at least 4 members (excludes halogenated alkanes) is 2. The fraction of sp³-hybridized carbons (Fsp3) is 0.548. The number of carboxylic acid groups (broad SMARTS) is 1. The summed E-state index contributed by atoms with van der Waals surface area (Å²) in [7, 11) is 0. The molecule has 1 aliphatic rings. The third-order valence-electron chi connectivity index (χ3n) is 9.41. The van der Waals surface area contributed by atoms with Crippen LogP contribution in [0.2, 0.25) is 0 Å². The van der Waals surface area contributed by atoms with Gasteiger partial charge in [0, 0.05) is 37.4 Å². The number of hydrogen-bond acceptors (Lipinski definition) is 8. The van der Waals surface area contributed by atoms with Gasteiger partial charge in [0.1, 0.15) is 23.5 Å². The van der Waals surface area contributed by atoms with Crippen molar-refractivity contribution in [2.45, 2.75) is 129 Å². The number of amides is 4. The zero-order valence-corrected chi connectivity index (χ0v) is 33.1. The lowest BCUT2D eigenvalue weighted by molar-refractivity contribution is -0.144. The molecule has 1 heterocycles. The molecule has 4 N–H and O–H groups in total. The maximum absolute atomic E-state index is 14.1. The normalized spacial score (nSPS) is 15.7. The van der Waals surface area contributed by atoms with Gasteiger partial charge in [-0.3, -0.25) is 24.0 Å². The van der Waals surface area contributed by atoms with E-state index in [-0.39, 0.29) is 31.6 Å². The van der Waals surface area contributed by atoms with E-state index in [0.29, 0.717) is 37.8 Å². The number of hydrogen-bond donors (Lipinski definition) is 4. The number of aryl methyl sites for hydroxylation is 1. The summed E-state index contributed by atoms with van der Waals surface area (Å²) in [5.41, 5.74) is 2.96. The highest BCUT2D eigenvalue weighted by Crippen LogP contribution is 2.24. The first-order chi connectivity index (χ1) is 26.0. The van der Waals surface area contributed by atoms with E-state index < -0.39 is 65.2 Å². The number of alkyl carbamates (subject to hydrolysis) is 1. The van der Waals surface area contributed by atoms with E-state index in [1.54, 1.807) is 32.9 Å². The lowest BCUT2D eigenvalue weighted by Gasteiger charge is -2.29. The number of carbonyl (C=O) groups is 7. The molecule has 0 saturated carbocycles. The van der Waals surface area contributed by atoms with Crippen molar-refractivity contribution in [3.63, 3.8) is 0 Å². The second-order valence-electron chi connectivity index (χ2n) is 15.4. The molecule has 0 aromatic heterocycles. The van der Waals surface area contributed by atoms with Crippen LogP contribution >= 0.6 is 0 Å². The van der Waals surface area contributed by atoms with Gasteiger partial charge in [0.15, 0.2) is 5.78 Å². The molecule has 4 amide bonds. The predicted molar refractivity (Wildman–Crippen MR) is 208 cm³/mol. The number of benzene rings is 2. The van der Waals surface area contributed by atoms with Gasteiger partial charge in [0.25, 0.3) is 5.91 Å². The number of rotatable bonds is 20. The Labute approximate surface area is 324 Å². The molecule has 1 saturated heterocycles. The maximum Gasteiger partial charge on any atom is 0.407 e. The van der Waals surface area contributed by atoms with Gasteiger partial charge < -0.3 is 30.7 Å². The monoisotopic (exact) mass is 762 g/mol. The molecule has 2 aromatic carbocycles. The number of nitrogens with one attached hydrogen (secondary N) is 3. The van der Waals surface area contributed by atoms with Crippen LogP contribution in [-0.2, 0) is 35.1 Å². The third-order valence-corrected chi connectivity index (χ3v) is 9.41. The van der Waals surface area contributed by atoms with Crippen LogP contribution < -0.4 is 16.0 Å². The van der Waals surface area contributed by atoms with Crippen molar-refractivity contribution in [2.75, 3.05) is 13.1 Å². The zero-order valence-electron chi connectivity index (χ0n) is 33.1. The Bertz CT molecular complexity index is 1650. The van der Waals surface area contributed by atoms with Crippen molar-refractivity contribution in [3.05, 3.63) is 59.7 Å². The van der Waals surface area contributed by atoms with E-state index in [2.05, 4.69) is 47.1 Å². The van der Waals surface area contributed by atoms with Crippen LogP contribution in [0.5, 0.6) is 0 Å². The molecule has 3 rings (SSSR count). The van der Waals surface area contributed by atoms with Gasteiger partial charge in [-0.1, -0.05) is 56.7 Å². The van der Waals surface area contributed by atoms with Crippen molar-refractivity contribution in [3.8, 4) is 11.1 Å². The van der Waals surface area contributed by atoms with Gasteiger partial charge >= 0.3 is 12.1 Å². The van der Waals surface area contributed by atoms with Crippen molar-refractivity contribution in [2.24, 2.45) is 5.92 Å². The summed E-state index contributed by atoms with van der Waals surface area (Å²) in [5.74, 6) is -4.57. The Hall–Kier alpha value is -5.07. The lowest BCUT2D eigenvalue weighted by atomic mass is 9.97. The molecule has 0 radical (unpaired) electrons. The standard InChI is InChI=1S/C42H58N4O9/c1-7-8-12-29-15-17-30(18-16-29)31-19-21-32(22-20-31)38(50)44-33(13-9-10-23-43-41(54)55-42(4,5)6)39(51)46-24-11-14-35(46)36(48)25-27(2)37(49)45-34(40(52)53)26-28(3)47/h15-22,27,33-35H,7-14,23-26H2,1-6H3,(H,43,54)(H,44,50)(H,45,49)(H,52,53)/t27-,33+,34+,35+/m1/s1. The van der Waals surface area contributed by atoms with Gasteiger partial charge in [0.05, 0.1) is 6.04 Å². The smallest absolute Gasteiger partial charge is 0.407 e. The molecular weight excluding hydrogens is 704 g/mol. The number of likely N-dealkylation sites (tertiary alicyclic amines) is 1. The summed E-state index contributed by atoms with van der Waals surface area (Å²) < 4.78 is 5.28. The van der Waals surface area contributed by atoms with Crippen LogP contribution in [0.25, 0.3) is 11.1 Å². The van der Waals surface area contributed by atoms with Crippen LogP contribution in [0.4, 0.5) is 4.79 Å². The topological polar surface area (TPSA) is 188 Å². The average Bonchev–Trinajstić information content (AvgIpc) is 3.62. The Morgan fingerprint density at radius 3 is 2.09 bits per heavy atom. The van der Waals surface area contributed by atoms with Crippen LogP contribution in [-0.4, -0.2) is 88.2 Å². The highest BCUT2D eigenvalue weighted by atomic mass is 16.6. The van der Waals surface area contributed by atoms with Crippen molar-refractivity contribution >= 4 is 41.4 Å². The number of aliphatic carboxylic acids is 1. The minimum absolute atomic E-state index is 0.242. The average molecular weight is 763 g/mol. The molecule has 1 fully saturated rings. The minimum atomic E-state index is -1.41. The predicted octanol–water partition coefficient (Wildman–Crippen LogP) is 5.62. The molecule has 0 spiro atoms. The molecule has 13 heteroatoms. The van der Waals surface area contributed by atoms with E-state index >= 15 is 0 Å². The second kappa shape index (κ2) is 21.1. The Kier molecular flexibility index (Phi) is 17.0. The lowest BCUT2D eigenvalue weighted by Crippen LogP contribution is -2.52. The first kappa shape index (κ1) is 44.3. The number of ether oxygens (including phenoxy) is 1. The zero-order chi connectivity index (χ0) is 40.7. The summed E-state index contributed by atoms with van der Waals surface area (Å²) in [6.45, 7) is 10.8. The van der Waals surface area contributed by atoms with Crippen molar-refractivity contribution in [1.29, 1.82) is 0 Å². The van der Waals surface area contributed by atoms with Gasteiger partial charge in [0.2, 0.25) is 11.8 Å². The fourth-order valence-electron chi connectivity index (χ4n) is 6.43. The van der Waals surface area contributed by atoms with Crippen LogP contribution in [0, 0.1) is 5.92 Å². The number of nitrogens with zero attached hydrogens (tertiary/aromatic N) is 1. The Morgan fingerprint density at radius 1 is 0.873 bits per heavy atom. The number of ketones is 2. The molecule has 1 aliphatic heterocycles. The molecule has 0 unspecified atom stereocenters. The highest BCUT2D eigenvalue weighted by Gasteiger charge is 2.38. The maximum atomic E-state index is 14.1. The fourth-order valence-corrected chi connectivity index (χ4v) is 6.43. The molecule has 0 bridgehead atoms. The van der Waals surface area contributed by atoms with E-state index in [0.717, 1.165) is 30.4 Å². The summed E-state index contributed by atoms with van der Waals surface area (Å²) in [6, 6.07) is 12.3. The number of Topliss-reactive ketones (excluding diaryl/α,β-unsaturated/α-hetero) is 2. The van der Waals surface area contributed by atoms with E-state index in [9.17, 15) is 38.7 Å². The largest absolute Gasteiger partial charge is 0.480 e. The first-order valence-corrected chi connectivity index (χ1v) is 19.3. The summed E-state index contributed by atoms with van der Waals surface area (Å²) in [4.78, 5) is 90.6. The van der Waals surface area contributed by atoms with Crippen LogP contribution in [0.1, 0.15) is 115 Å². The van der Waals surface area contributed by atoms with Crippen molar-refractivity contribution in [1.82, 2.24) is 20.9 Å². The number of carboxylic acids is 1. The van der Waals surface area contributed by atoms with Gasteiger partial charge in [-0.25, -0.2) is 9.59 Å². The van der Waals surface area contributed by atoms with E-state index in [1.807, 2.05) is 12.1 Å². The van der Waals surface area contributed by atoms with E-state index in [1.165, 1.54) is 24.3 Å². The molecule has 2 aromatic rings. The number of carbonyl (C=O) groups excluding carboxylic acids is 6. The van der Waals surface area contributed by atoms with Gasteiger partial charge in [-0.15, -0.1) is 0 Å². The SMILES string of the molecule is CCCCc1ccc(-c2ccc(C(=O)N[C@@H](CCCCNC(=O)OC(C)(C)C)C(=O)N3CCC[C@H]3C(=O)C[C@@H](C)C(=O)N[C@@H](CC(C)=O)C(=O)O)cc2)cc1.